The Bertz CT molecular complexity index is 366. The molecule has 0 amide bonds. The molecule has 0 saturated carbocycles. The summed E-state index contributed by atoms with van der Waals surface area (Å²) in [5.74, 6) is -0.312. The Morgan fingerprint density at radius 1 is 1.00 bits per heavy atom. The van der Waals surface area contributed by atoms with Crippen molar-refractivity contribution >= 4 is 14.1 Å². The fraction of sp³-hybridized carbons (Fsp3) is 0.842. The van der Waals surface area contributed by atoms with Gasteiger partial charge in [0.25, 0.3) is 0 Å². The van der Waals surface area contributed by atoms with Crippen molar-refractivity contribution in [1.29, 1.82) is 0 Å². The Hall–Kier alpha value is -0.453. The van der Waals surface area contributed by atoms with Crippen molar-refractivity contribution in [2.45, 2.75) is 97.6 Å². The van der Waals surface area contributed by atoms with E-state index in [0.29, 0.717) is 23.0 Å². The van der Waals surface area contributed by atoms with Gasteiger partial charge in [0.2, 0.25) is 8.32 Å². The average Bonchev–Trinajstić information content (AvgIpc) is 2.42. The first kappa shape index (κ1) is 22.5. The number of ketones is 1. The number of hydrogen-bond acceptors (Lipinski definition) is 3. The van der Waals surface area contributed by atoms with Crippen LogP contribution in [0.5, 0.6) is 0 Å². The highest BCUT2D eigenvalue weighted by Crippen LogP contribution is 2.43. The molecule has 0 aliphatic rings. The topological polar surface area (TPSA) is 46.5 Å². The summed E-state index contributed by atoms with van der Waals surface area (Å²) in [4.78, 5) is 12.4. The molecule has 23 heavy (non-hydrogen) atoms. The molecule has 0 bridgehead atoms. The molecule has 0 fully saturated rings. The summed E-state index contributed by atoms with van der Waals surface area (Å²) in [6, 6.07) is 0. The molecule has 136 valence electrons. The van der Waals surface area contributed by atoms with Crippen molar-refractivity contribution < 1.29 is 14.3 Å². The van der Waals surface area contributed by atoms with Crippen LogP contribution in [-0.2, 0) is 9.22 Å². The van der Waals surface area contributed by atoms with Gasteiger partial charge in [-0.1, -0.05) is 60.6 Å². The SMILES string of the molecule is C/C=C/[C@H](O)[C@@H](C)C(=O)C[C@@H](C)O[Si](C(C)C)(C(C)C)C(C)C. The Morgan fingerprint density at radius 2 is 1.43 bits per heavy atom. The lowest BCUT2D eigenvalue weighted by atomic mass is 9.95. The van der Waals surface area contributed by atoms with Crippen LogP contribution in [0.25, 0.3) is 0 Å². The lowest BCUT2D eigenvalue weighted by Gasteiger charge is -2.44. The molecule has 3 nitrogen and oxygen atoms in total. The van der Waals surface area contributed by atoms with Gasteiger partial charge in [0.1, 0.15) is 5.78 Å². The number of carbonyl (C=O) groups is 1. The van der Waals surface area contributed by atoms with Gasteiger partial charge in [0.05, 0.1) is 6.10 Å². The maximum atomic E-state index is 12.4. The van der Waals surface area contributed by atoms with Gasteiger partial charge < -0.3 is 9.53 Å². The third kappa shape index (κ3) is 5.84. The van der Waals surface area contributed by atoms with Crippen LogP contribution in [0.15, 0.2) is 12.2 Å². The minimum Gasteiger partial charge on any atom is -0.413 e. The van der Waals surface area contributed by atoms with Crippen molar-refractivity contribution in [3.05, 3.63) is 12.2 Å². The first-order valence-electron chi connectivity index (χ1n) is 9.01. The van der Waals surface area contributed by atoms with Crippen molar-refractivity contribution in [1.82, 2.24) is 0 Å². The molecule has 0 aromatic heterocycles. The summed E-state index contributed by atoms with van der Waals surface area (Å²) in [5, 5.41) is 9.96. The van der Waals surface area contributed by atoms with Crippen LogP contribution in [-0.4, -0.2) is 31.4 Å². The molecule has 0 aromatic carbocycles. The highest BCUT2D eigenvalue weighted by Gasteiger charge is 2.46. The van der Waals surface area contributed by atoms with Crippen molar-refractivity contribution in [3.8, 4) is 0 Å². The summed E-state index contributed by atoms with van der Waals surface area (Å²) in [7, 11) is -1.96. The largest absolute Gasteiger partial charge is 0.413 e. The summed E-state index contributed by atoms with van der Waals surface area (Å²) < 4.78 is 6.60. The van der Waals surface area contributed by atoms with Crippen molar-refractivity contribution in [2.75, 3.05) is 0 Å². The second-order valence-corrected chi connectivity index (χ2v) is 13.1. The predicted octanol–water partition coefficient (Wildman–Crippen LogP) is 5.10. The normalized spacial score (nSPS) is 17.3. The number of allylic oxidation sites excluding steroid dienone is 1. The molecule has 4 heteroatoms. The smallest absolute Gasteiger partial charge is 0.200 e. The zero-order valence-corrected chi connectivity index (χ0v) is 17.6. The molecule has 0 rings (SSSR count). The van der Waals surface area contributed by atoms with E-state index in [-0.39, 0.29) is 17.8 Å². The summed E-state index contributed by atoms with van der Waals surface area (Å²) in [6.07, 6.45) is 3.02. The van der Waals surface area contributed by atoms with E-state index in [1.165, 1.54) is 0 Å². The number of aliphatic hydroxyl groups is 1. The minimum absolute atomic E-state index is 0.0715. The van der Waals surface area contributed by atoms with E-state index in [4.69, 9.17) is 4.43 Å². The maximum Gasteiger partial charge on any atom is 0.200 e. The minimum atomic E-state index is -1.96. The van der Waals surface area contributed by atoms with E-state index in [0.717, 1.165) is 0 Å². The third-order valence-electron chi connectivity index (χ3n) is 5.01. The highest BCUT2D eigenvalue weighted by molar-refractivity contribution is 6.77. The van der Waals surface area contributed by atoms with Crippen molar-refractivity contribution in [3.63, 3.8) is 0 Å². The second kappa shape index (κ2) is 9.75. The molecular formula is C19H38O3Si. The van der Waals surface area contributed by atoms with E-state index < -0.39 is 14.4 Å². The molecule has 0 aromatic rings. The first-order chi connectivity index (χ1) is 10.5. The molecule has 0 spiro atoms. The van der Waals surface area contributed by atoms with Gasteiger partial charge >= 0.3 is 0 Å². The fourth-order valence-electron chi connectivity index (χ4n) is 3.82. The van der Waals surface area contributed by atoms with Crippen LogP contribution in [0, 0.1) is 5.92 Å². The Morgan fingerprint density at radius 3 is 1.78 bits per heavy atom. The van der Waals surface area contributed by atoms with Gasteiger partial charge in [-0.25, -0.2) is 0 Å². The zero-order valence-electron chi connectivity index (χ0n) is 16.6. The number of hydrogen-bond donors (Lipinski definition) is 1. The van der Waals surface area contributed by atoms with Gasteiger partial charge in [-0.2, -0.15) is 0 Å². The molecule has 0 heterocycles. The van der Waals surface area contributed by atoms with Gasteiger partial charge in [0.15, 0.2) is 0 Å². The highest BCUT2D eigenvalue weighted by atomic mass is 28.4. The van der Waals surface area contributed by atoms with E-state index in [2.05, 4.69) is 41.5 Å². The lowest BCUT2D eigenvalue weighted by Crippen LogP contribution is -2.50. The first-order valence-corrected chi connectivity index (χ1v) is 11.2. The van der Waals surface area contributed by atoms with Gasteiger partial charge in [-0.05, 0) is 30.5 Å². The van der Waals surface area contributed by atoms with Crippen LogP contribution in [0.4, 0.5) is 0 Å². The molecule has 0 radical (unpaired) electrons. The zero-order chi connectivity index (χ0) is 18.4. The molecule has 0 saturated heterocycles. The van der Waals surface area contributed by atoms with Gasteiger partial charge in [0, 0.05) is 18.4 Å². The van der Waals surface area contributed by atoms with Crippen LogP contribution in [0.1, 0.15) is 68.7 Å². The van der Waals surface area contributed by atoms with Crippen LogP contribution < -0.4 is 0 Å². The predicted molar refractivity (Wildman–Crippen MR) is 101 cm³/mol. The summed E-state index contributed by atoms with van der Waals surface area (Å²) in [6.45, 7) is 19.1. The molecule has 0 aliphatic heterocycles. The molecule has 3 atom stereocenters. The monoisotopic (exact) mass is 342 g/mol. The molecule has 0 aliphatic carbocycles. The van der Waals surface area contributed by atoms with Crippen LogP contribution in [0.2, 0.25) is 16.6 Å². The summed E-state index contributed by atoms with van der Waals surface area (Å²) >= 11 is 0. The quantitative estimate of drug-likeness (QED) is 0.444. The lowest BCUT2D eigenvalue weighted by molar-refractivity contribution is -0.126. The van der Waals surface area contributed by atoms with E-state index in [1.54, 1.807) is 19.1 Å². The van der Waals surface area contributed by atoms with Crippen molar-refractivity contribution in [2.24, 2.45) is 5.92 Å². The number of rotatable bonds is 10. The number of Topliss-reactive ketones (excluding diaryl/α,β-unsaturated/α-hetero) is 1. The van der Waals surface area contributed by atoms with E-state index >= 15 is 0 Å². The second-order valence-electron chi connectivity index (χ2n) is 7.72. The standard InChI is InChI=1S/C19H38O3Si/c1-10-11-18(20)17(9)19(21)12-16(8)22-23(13(2)3,14(4)5)15(6)7/h10-11,13-18,20H,12H2,1-9H3/b11-10+/t16-,17-,18+/m1/s1. The number of carbonyl (C=O) groups excluding carboxylic acids is 1. The van der Waals surface area contributed by atoms with Crippen LogP contribution in [0.3, 0.4) is 0 Å². The van der Waals surface area contributed by atoms with Gasteiger partial charge in [-0.15, -0.1) is 0 Å². The Labute approximate surface area is 144 Å². The third-order valence-corrected chi connectivity index (χ3v) is 11.2. The number of aliphatic hydroxyl groups excluding tert-OH is 1. The fourth-order valence-corrected chi connectivity index (χ4v) is 9.42. The van der Waals surface area contributed by atoms with E-state index in [9.17, 15) is 9.90 Å². The van der Waals surface area contributed by atoms with Gasteiger partial charge in [-0.3, -0.25) is 4.79 Å². The summed E-state index contributed by atoms with van der Waals surface area (Å²) in [5.41, 5.74) is 1.52. The van der Waals surface area contributed by atoms with E-state index in [1.807, 2.05) is 13.8 Å². The maximum absolute atomic E-state index is 12.4. The average molecular weight is 343 g/mol. The Kier molecular flexibility index (Phi) is 9.56. The van der Waals surface area contributed by atoms with Crippen LogP contribution >= 0.6 is 0 Å². The Balaban J connectivity index is 5.03. The molecular weight excluding hydrogens is 304 g/mol. The molecule has 1 N–H and O–H groups in total. The molecule has 0 unspecified atom stereocenters.